The van der Waals surface area contributed by atoms with Crippen molar-refractivity contribution in [2.45, 2.75) is 12.2 Å². The summed E-state index contributed by atoms with van der Waals surface area (Å²) in [5.74, 6) is -3.49. The Hall–Kier alpha value is -4.77. The Balaban J connectivity index is 1.51. The molecule has 0 radical (unpaired) electrons. The van der Waals surface area contributed by atoms with E-state index in [0.717, 1.165) is 12.1 Å². The average molecular weight is 583 g/mol. The predicted molar refractivity (Wildman–Crippen MR) is 142 cm³/mol. The minimum atomic E-state index is -4.89. The average Bonchev–Trinajstić information content (AvgIpc) is 3.50. The van der Waals surface area contributed by atoms with Crippen LogP contribution in [0.15, 0.2) is 72.9 Å². The van der Waals surface area contributed by atoms with Gasteiger partial charge in [0.2, 0.25) is 0 Å². The van der Waals surface area contributed by atoms with Crippen LogP contribution in [0.25, 0.3) is 22.3 Å². The lowest BCUT2D eigenvalue weighted by Gasteiger charge is -2.19. The third-order valence-corrected chi connectivity index (χ3v) is 7.04. The summed E-state index contributed by atoms with van der Waals surface area (Å²) in [6.45, 7) is 0. The SMILES string of the molecule is O=C(Nc1cc(-c2cc3ncccc3[nH]2)cc2c1C(c1cc(F)ccc1Cl)NC2=O)c1cc(F)cc(C(F)(F)F)c1. The summed E-state index contributed by atoms with van der Waals surface area (Å²) < 4.78 is 68.2. The van der Waals surface area contributed by atoms with Crippen LogP contribution >= 0.6 is 11.6 Å². The number of hydrogen-bond donors (Lipinski definition) is 3. The fraction of sp³-hybridized carbons (Fsp3) is 0.0690. The fourth-order valence-electron chi connectivity index (χ4n) is 4.85. The number of rotatable bonds is 4. The van der Waals surface area contributed by atoms with Gasteiger partial charge in [-0.3, -0.25) is 14.6 Å². The molecule has 3 heterocycles. The lowest BCUT2D eigenvalue weighted by molar-refractivity contribution is -0.137. The predicted octanol–water partition coefficient (Wildman–Crippen LogP) is 7.27. The van der Waals surface area contributed by atoms with Gasteiger partial charge < -0.3 is 15.6 Å². The molecule has 2 amide bonds. The second kappa shape index (κ2) is 9.70. The number of carbonyl (C=O) groups is 2. The first-order chi connectivity index (χ1) is 19.5. The molecule has 0 fully saturated rings. The van der Waals surface area contributed by atoms with Crippen LogP contribution < -0.4 is 10.6 Å². The van der Waals surface area contributed by atoms with E-state index in [1.54, 1.807) is 30.5 Å². The summed E-state index contributed by atoms with van der Waals surface area (Å²) >= 11 is 6.33. The molecule has 0 saturated carbocycles. The van der Waals surface area contributed by atoms with Gasteiger partial charge in [-0.25, -0.2) is 8.78 Å². The molecule has 3 aromatic carbocycles. The number of benzene rings is 3. The molecule has 1 unspecified atom stereocenters. The lowest BCUT2D eigenvalue weighted by atomic mass is 9.93. The van der Waals surface area contributed by atoms with Crippen LogP contribution in [0.5, 0.6) is 0 Å². The van der Waals surface area contributed by atoms with E-state index < -0.39 is 46.8 Å². The van der Waals surface area contributed by atoms with Gasteiger partial charge in [-0.15, -0.1) is 0 Å². The molecule has 2 aromatic heterocycles. The number of H-pyrrole nitrogens is 1. The Kier molecular flexibility index (Phi) is 6.26. The van der Waals surface area contributed by atoms with Crippen molar-refractivity contribution in [1.29, 1.82) is 0 Å². The Morgan fingerprint density at radius 1 is 0.976 bits per heavy atom. The maximum absolute atomic E-state index is 14.2. The number of halogens is 6. The third kappa shape index (κ3) is 4.89. The second-order valence-corrected chi connectivity index (χ2v) is 9.76. The summed E-state index contributed by atoms with van der Waals surface area (Å²) in [5.41, 5.74) is 0.903. The molecular formula is C29H16ClF5N4O2. The molecule has 1 aliphatic heterocycles. The number of alkyl halides is 3. The molecular weight excluding hydrogens is 567 g/mol. The number of nitrogens with zero attached hydrogens (tertiary/aromatic N) is 1. The zero-order valence-corrected chi connectivity index (χ0v) is 21.3. The maximum Gasteiger partial charge on any atom is 0.416 e. The fourth-order valence-corrected chi connectivity index (χ4v) is 5.08. The van der Waals surface area contributed by atoms with E-state index >= 15 is 0 Å². The first-order valence-electron chi connectivity index (χ1n) is 12.0. The van der Waals surface area contributed by atoms with E-state index in [1.165, 1.54) is 12.1 Å². The van der Waals surface area contributed by atoms with Gasteiger partial charge >= 0.3 is 6.18 Å². The molecule has 1 aliphatic rings. The van der Waals surface area contributed by atoms with E-state index in [-0.39, 0.29) is 33.5 Å². The highest BCUT2D eigenvalue weighted by Crippen LogP contribution is 2.42. The van der Waals surface area contributed by atoms with Gasteiger partial charge in [-0.2, -0.15) is 13.2 Å². The Labute approximate surface area is 233 Å². The van der Waals surface area contributed by atoms with Gasteiger partial charge in [0.05, 0.1) is 22.6 Å². The number of aromatic amines is 1. The van der Waals surface area contributed by atoms with Gasteiger partial charge in [0.15, 0.2) is 0 Å². The number of anilines is 1. The van der Waals surface area contributed by atoms with Crippen molar-refractivity contribution in [2.75, 3.05) is 5.32 Å². The molecule has 0 bridgehead atoms. The van der Waals surface area contributed by atoms with Crippen molar-refractivity contribution in [1.82, 2.24) is 15.3 Å². The van der Waals surface area contributed by atoms with Crippen LogP contribution in [0.4, 0.5) is 27.6 Å². The quantitative estimate of drug-likeness (QED) is 0.195. The summed E-state index contributed by atoms with van der Waals surface area (Å²) in [7, 11) is 0. The van der Waals surface area contributed by atoms with Gasteiger partial charge in [-0.1, -0.05) is 11.6 Å². The number of amides is 2. The van der Waals surface area contributed by atoms with E-state index in [1.807, 2.05) is 0 Å². The van der Waals surface area contributed by atoms with E-state index in [0.29, 0.717) is 34.4 Å². The Bertz CT molecular complexity index is 1850. The molecule has 1 atom stereocenters. The molecule has 12 heteroatoms. The smallest absolute Gasteiger partial charge is 0.353 e. The maximum atomic E-state index is 14.2. The van der Waals surface area contributed by atoms with E-state index in [9.17, 15) is 31.5 Å². The molecule has 206 valence electrons. The monoisotopic (exact) mass is 582 g/mol. The van der Waals surface area contributed by atoms with Crippen LogP contribution in [0.1, 0.15) is 43.4 Å². The van der Waals surface area contributed by atoms with Crippen molar-refractivity contribution >= 4 is 40.1 Å². The number of nitrogens with one attached hydrogen (secondary N) is 3. The third-order valence-electron chi connectivity index (χ3n) is 6.69. The molecule has 41 heavy (non-hydrogen) atoms. The standard InChI is InChI=1S/C29H16ClF5N4O2/c30-20-4-3-16(31)11-18(20)26-25-19(28(41)39-26)8-13(22-12-23-21(37-22)2-1-5-36-23)9-24(25)38-27(40)14-6-15(29(33,34)35)10-17(32)7-14/h1-12,26,37H,(H,38,40)(H,39,41). The number of aromatic nitrogens is 2. The molecule has 0 saturated heterocycles. The normalized spacial score (nSPS) is 14.7. The minimum Gasteiger partial charge on any atom is -0.353 e. The zero-order valence-electron chi connectivity index (χ0n) is 20.5. The van der Waals surface area contributed by atoms with E-state index in [4.69, 9.17) is 11.6 Å². The highest BCUT2D eigenvalue weighted by molar-refractivity contribution is 6.31. The number of fused-ring (bicyclic) bond motifs is 2. The minimum absolute atomic E-state index is 0.0237. The zero-order chi connectivity index (χ0) is 29.1. The summed E-state index contributed by atoms with van der Waals surface area (Å²) in [6.07, 6.45) is -3.29. The van der Waals surface area contributed by atoms with Crippen molar-refractivity contribution < 1.29 is 31.5 Å². The van der Waals surface area contributed by atoms with Crippen molar-refractivity contribution in [3.05, 3.63) is 117 Å². The topological polar surface area (TPSA) is 86.9 Å². The van der Waals surface area contributed by atoms with Crippen molar-refractivity contribution in [2.24, 2.45) is 0 Å². The number of hydrogen-bond acceptors (Lipinski definition) is 3. The van der Waals surface area contributed by atoms with Gasteiger partial charge in [0.25, 0.3) is 11.8 Å². The van der Waals surface area contributed by atoms with Gasteiger partial charge in [0.1, 0.15) is 11.6 Å². The second-order valence-electron chi connectivity index (χ2n) is 9.36. The molecule has 6 nitrogen and oxygen atoms in total. The summed E-state index contributed by atoms with van der Waals surface area (Å²) in [5, 5.41) is 5.39. The van der Waals surface area contributed by atoms with Gasteiger partial charge in [0, 0.05) is 50.4 Å². The van der Waals surface area contributed by atoms with Crippen molar-refractivity contribution in [3.63, 3.8) is 0 Å². The summed E-state index contributed by atoms with van der Waals surface area (Å²) in [6, 6.07) is 12.4. The first kappa shape index (κ1) is 26.5. The summed E-state index contributed by atoms with van der Waals surface area (Å²) in [4.78, 5) is 33.8. The van der Waals surface area contributed by atoms with Crippen LogP contribution in [-0.4, -0.2) is 21.8 Å². The van der Waals surface area contributed by atoms with Crippen LogP contribution in [0, 0.1) is 11.6 Å². The highest BCUT2D eigenvalue weighted by atomic mass is 35.5. The molecule has 0 spiro atoms. The largest absolute Gasteiger partial charge is 0.416 e. The number of carbonyl (C=O) groups excluding carboxylic acids is 2. The van der Waals surface area contributed by atoms with Crippen molar-refractivity contribution in [3.8, 4) is 11.3 Å². The van der Waals surface area contributed by atoms with Crippen LogP contribution in [0.2, 0.25) is 5.02 Å². The van der Waals surface area contributed by atoms with Crippen LogP contribution in [0.3, 0.4) is 0 Å². The van der Waals surface area contributed by atoms with E-state index in [2.05, 4.69) is 20.6 Å². The molecule has 5 aromatic rings. The first-order valence-corrected chi connectivity index (χ1v) is 12.4. The highest BCUT2D eigenvalue weighted by Gasteiger charge is 2.36. The van der Waals surface area contributed by atoms with Gasteiger partial charge in [-0.05, 0) is 66.7 Å². The molecule has 0 aliphatic carbocycles. The molecule has 6 rings (SSSR count). The lowest BCUT2D eigenvalue weighted by Crippen LogP contribution is -2.21. The number of pyridine rings is 1. The Morgan fingerprint density at radius 2 is 1.78 bits per heavy atom. The van der Waals surface area contributed by atoms with Crippen LogP contribution in [-0.2, 0) is 6.18 Å². The molecule has 3 N–H and O–H groups in total. The Morgan fingerprint density at radius 3 is 2.54 bits per heavy atom.